The summed E-state index contributed by atoms with van der Waals surface area (Å²) in [6.45, 7) is 3.61. The molecule has 0 N–H and O–H groups in total. The van der Waals surface area contributed by atoms with Crippen LogP contribution < -0.4 is 0 Å². The van der Waals surface area contributed by atoms with Crippen molar-refractivity contribution in [1.29, 1.82) is 0 Å². The molecule has 0 saturated carbocycles. The predicted molar refractivity (Wildman–Crippen MR) is 77.3 cm³/mol. The Morgan fingerprint density at radius 1 is 1.42 bits per heavy atom. The summed E-state index contributed by atoms with van der Waals surface area (Å²) in [5.74, 6) is 1.67. The lowest BCUT2D eigenvalue weighted by Gasteiger charge is -2.39. The van der Waals surface area contributed by atoms with E-state index < -0.39 is 14.6 Å². The van der Waals surface area contributed by atoms with Gasteiger partial charge in [-0.3, -0.25) is 4.79 Å². The third kappa shape index (κ3) is 2.85. The van der Waals surface area contributed by atoms with E-state index in [4.69, 9.17) is 4.74 Å². The Bertz CT molecular complexity index is 461. The maximum absolute atomic E-state index is 12.6. The quantitative estimate of drug-likeness (QED) is 0.794. The Morgan fingerprint density at radius 2 is 2.11 bits per heavy atom. The molecule has 0 radical (unpaired) electrons. The summed E-state index contributed by atoms with van der Waals surface area (Å²) in [4.78, 5) is 12.6. The predicted octanol–water partition coefficient (Wildman–Crippen LogP) is 1.68. The molecule has 2 heterocycles. The van der Waals surface area contributed by atoms with Crippen LogP contribution in [0.1, 0.15) is 33.1 Å². The van der Waals surface area contributed by atoms with E-state index in [1.54, 1.807) is 0 Å². The second-order valence-electron chi connectivity index (χ2n) is 6.17. The lowest BCUT2D eigenvalue weighted by atomic mass is 9.80. The summed E-state index contributed by atoms with van der Waals surface area (Å²) < 4.78 is 28.2. The number of Topliss-reactive ketones (excluding diaryl/α,β-unsaturated/α-hetero) is 1. The maximum atomic E-state index is 12.6. The largest absolute Gasteiger partial charge is 0.374 e. The molecule has 2 unspecified atom stereocenters. The molecule has 2 fully saturated rings. The molecule has 4 nitrogen and oxygen atoms in total. The van der Waals surface area contributed by atoms with E-state index in [0.29, 0.717) is 19.4 Å². The normalized spacial score (nSPS) is 32.7. The lowest BCUT2D eigenvalue weighted by molar-refractivity contribution is -0.135. The molecule has 2 rings (SSSR count). The number of carbonyl (C=O) groups excluding carboxylic acids is 1. The van der Waals surface area contributed by atoms with Gasteiger partial charge in [0.15, 0.2) is 15.6 Å². The van der Waals surface area contributed by atoms with Crippen LogP contribution >= 0.6 is 11.8 Å². The summed E-state index contributed by atoms with van der Waals surface area (Å²) in [6.07, 6.45) is 3.44. The molecule has 2 atom stereocenters. The Kier molecular flexibility index (Phi) is 4.06. The maximum Gasteiger partial charge on any atom is 0.159 e. The molecule has 2 aliphatic heterocycles. The lowest BCUT2D eigenvalue weighted by Crippen LogP contribution is -2.49. The highest BCUT2D eigenvalue weighted by Crippen LogP contribution is 2.42. The van der Waals surface area contributed by atoms with Crippen LogP contribution in [0.4, 0.5) is 0 Å². The van der Waals surface area contributed by atoms with Gasteiger partial charge in [-0.1, -0.05) is 0 Å². The molecule has 6 heteroatoms. The zero-order valence-electron chi connectivity index (χ0n) is 11.8. The topological polar surface area (TPSA) is 60.4 Å². The van der Waals surface area contributed by atoms with Gasteiger partial charge in [0.25, 0.3) is 0 Å². The minimum Gasteiger partial charge on any atom is -0.374 e. The fraction of sp³-hybridized carbons (Fsp3) is 0.923. The number of sulfone groups is 1. The minimum absolute atomic E-state index is 0.144. The van der Waals surface area contributed by atoms with Crippen LogP contribution in [0.25, 0.3) is 0 Å². The van der Waals surface area contributed by atoms with Gasteiger partial charge in [-0.2, -0.15) is 11.8 Å². The molecule has 1 spiro atoms. The van der Waals surface area contributed by atoms with E-state index in [-0.39, 0.29) is 17.3 Å². The third-order valence-electron chi connectivity index (χ3n) is 4.45. The third-order valence-corrected chi connectivity index (χ3v) is 7.73. The van der Waals surface area contributed by atoms with Gasteiger partial charge in [-0.25, -0.2) is 8.42 Å². The average Bonchev–Trinajstić information content (AvgIpc) is 2.74. The van der Waals surface area contributed by atoms with Gasteiger partial charge < -0.3 is 4.74 Å². The van der Waals surface area contributed by atoms with Crippen LogP contribution in [0.3, 0.4) is 0 Å². The van der Waals surface area contributed by atoms with Crippen molar-refractivity contribution in [2.45, 2.75) is 43.5 Å². The first-order valence-electron chi connectivity index (χ1n) is 6.64. The van der Waals surface area contributed by atoms with Crippen molar-refractivity contribution >= 4 is 27.4 Å². The highest BCUT2D eigenvalue weighted by Gasteiger charge is 2.48. The van der Waals surface area contributed by atoms with Crippen molar-refractivity contribution < 1.29 is 17.9 Å². The molecule has 0 aromatic carbocycles. The van der Waals surface area contributed by atoms with Gasteiger partial charge in [-0.05, 0) is 38.9 Å². The average molecular weight is 306 g/mol. The SMILES string of the molecule is CC(C)(C(=O)C1CCOC2(CCSC2)C1)S(C)(=O)=O. The number of rotatable bonds is 3. The fourth-order valence-electron chi connectivity index (χ4n) is 2.79. The van der Waals surface area contributed by atoms with Crippen molar-refractivity contribution in [3.8, 4) is 0 Å². The summed E-state index contributed by atoms with van der Waals surface area (Å²) in [5.41, 5.74) is -0.184. The van der Waals surface area contributed by atoms with Crippen molar-refractivity contribution in [2.24, 2.45) is 5.92 Å². The molecule has 2 saturated heterocycles. The molecule has 19 heavy (non-hydrogen) atoms. The first kappa shape index (κ1) is 15.3. The van der Waals surface area contributed by atoms with Crippen molar-refractivity contribution in [3.05, 3.63) is 0 Å². The van der Waals surface area contributed by atoms with Gasteiger partial charge in [0, 0.05) is 24.5 Å². The van der Waals surface area contributed by atoms with Gasteiger partial charge >= 0.3 is 0 Å². The molecular formula is C13H22O4S2. The molecular weight excluding hydrogens is 284 g/mol. The Hall–Kier alpha value is -0.0700. The molecule has 0 aliphatic carbocycles. The molecule has 110 valence electrons. The smallest absolute Gasteiger partial charge is 0.159 e. The summed E-state index contributed by atoms with van der Waals surface area (Å²) in [6, 6.07) is 0. The van der Waals surface area contributed by atoms with Crippen LogP contribution in [-0.2, 0) is 19.4 Å². The van der Waals surface area contributed by atoms with Crippen LogP contribution in [-0.4, -0.2) is 48.9 Å². The second kappa shape index (κ2) is 5.04. The standard InChI is InChI=1S/C13H22O4S2/c1-12(2,19(3,15)16)11(14)10-4-6-17-13(8-10)5-7-18-9-13/h10H,4-9H2,1-3H3. The van der Waals surface area contributed by atoms with Gasteiger partial charge in [0.2, 0.25) is 0 Å². The fourth-order valence-corrected chi connectivity index (χ4v) is 4.70. The number of hydrogen-bond acceptors (Lipinski definition) is 5. The van der Waals surface area contributed by atoms with Gasteiger partial charge in [0.05, 0.1) is 5.60 Å². The van der Waals surface area contributed by atoms with E-state index in [0.717, 1.165) is 24.2 Å². The van der Waals surface area contributed by atoms with Crippen LogP contribution in [0, 0.1) is 5.92 Å². The van der Waals surface area contributed by atoms with Crippen molar-refractivity contribution in [3.63, 3.8) is 0 Å². The minimum atomic E-state index is -3.38. The summed E-state index contributed by atoms with van der Waals surface area (Å²) in [5, 5.41) is 0. The molecule has 0 bridgehead atoms. The highest BCUT2D eigenvalue weighted by atomic mass is 32.2. The molecule has 0 aromatic heterocycles. The van der Waals surface area contributed by atoms with Crippen LogP contribution in [0.5, 0.6) is 0 Å². The molecule has 0 amide bonds. The zero-order valence-corrected chi connectivity index (χ0v) is 13.4. The summed E-state index contributed by atoms with van der Waals surface area (Å²) in [7, 11) is -3.38. The molecule has 2 aliphatic rings. The van der Waals surface area contributed by atoms with Crippen molar-refractivity contribution in [2.75, 3.05) is 24.4 Å². The Labute approximate surface area is 119 Å². The van der Waals surface area contributed by atoms with E-state index in [2.05, 4.69) is 0 Å². The van der Waals surface area contributed by atoms with E-state index in [1.807, 2.05) is 11.8 Å². The first-order valence-corrected chi connectivity index (χ1v) is 9.68. The number of ether oxygens (including phenoxy) is 1. The number of hydrogen-bond donors (Lipinski definition) is 0. The monoisotopic (exact) mass is 306 g/mol. The number of ketones is 1. The highest BCUT2D eigenvalue weighted by molar-refractivity contribution is 7.99. The number of carbonyl (C=O) groups is 1. The van der Waals surface area contributed by atoms with Crippen LogP contribution in [0.15, 0.2) is 0 Å². The molecule has 0 aromatic rings. The van der Waals surface area contributed by atoms with Gasteiger partial charge in [0.1, 0.15) is 4.75 Å². The Morgan fingerprint density at radius 3 is 2.63 bits per heavy atom. The van der Waals surface area contributed by atoms with Crippen molar-refractivity contribution in [1.82, 2.24) is 0 Å². The first-order chi connectivity index (χ1) is 8.68. The van der Waals surface area contributed by atoms with E-state index >= 15 is 0 Å². The van der Waals surface area contributed by atoms with Crippen LogP contribution in [0.2, 0.25) is 0 Å². The zero-order chi connectivity index (χ0) is 14.3. The van der Waals surface area contributed by atoms with E-state index in [9.17, 15) is 13.2 Å². The van der Waals surface area contributed by atoms with E-state index in [1.165, 1.54) is 13.8 Å². The second-order valence-corrected chi connectivity index (χ2v) is 9.84. The summed E-state index contributed by atoms with van der Waals surface area (Å²) >= 11 is 1.85. The number of thioether (sulfide) groups is 1. The Balaban J connectivity index is 2.16. The van der Waals surface area contributed by atoms with Gasteiger partial charge in [-0.15, -0.1) is 0 Å².